The molecule has 1 saturated heterocycles. The molecule has 0 amide bonds. The van der Waals surface area contributed by atoms with Crippen LogP contribution in [0.3, 0.4) is 0 Å². The van der Waals surface area contributed by atoms with Crippen LogP contribution in [0, 0.1) is 18.3 Å². The van der Waals surface area contributed by atoms with Crippen molar-refractivity contribution in [3.8, 4) is 11.8 Å². The van der Waals surface area contributed by atoms with E-state index in [9.17, 15) is 0 Å². The lowest BCUT2D eigenvalue weighted by molar-refractivity contribution is 0.175. The van der Waals surface area contributed by atoms with Crippen LogP contribution in [0.15, 0.2) is 34.9 Å². The average Bonchev–Trinajstić information content (AvgIpc) is 3.16. The first kappa shape index (κ1) is 14.6. The number of hydrogen-bond donors (Lipinski definition) is 0. The van der Waals surface area contributed by atoms with Crippen LogP contribution in [-0.2, 0) is 0 Å². The molecule has 3 rings (SSSR count). The molecule has 1 aromatic heterocycles. The van der Waals surface area contributed by atoms with E-state index in [-0.39, 0.29) is 0 Å². The lowest BCUT2D eigenvalue weighted by Crippen LogP contribution is -2.28. The maximum Gasteiger partial charge on any atom is 0.154 e. The van der Waals surface area contributed by atoms with Crippen LogP contribution in [-0.4, -0.2) is 29.8 Å². The maximum atomic E-state index is 8.89. The second kappa shape index (κ2) is 6.63. The number of aryl methyl sites for hydroxylation is 1. The summed E-state index contributed by atoms with van der Waals surface area (Å²) < 4.78 is 11.2. The largest absolute Gasteiger partial charge is 0.492 e. The van der Waals surface area contributed by atoms with Crippen molar-refractivity contribution in [2.24, 2.45) is 0 Å². The zero-order valence-corrected chi connectivity index (χ0v) is 12.7. The van der Waals surface area contributed by atoms with Crippen molar-refractivity contribution in [1.29, 1.82) is 5.26 Å². The van der Waals surface area contributed by atoms with E-state index >= 15 is 0 Å². The highest BCUT2D eigenvalue weighted by molar-refractivity contribution is 5.36. The highest BCUT2D eigenvalue weighted by Crippen LogP contribution is 2.31. The van der Waals surface area contributed by atoms with E-state index in [0.29, 0.717) is 18.2 Å². The second-order valence-corrected chi connectivity index (χ2v) is 5.55. The Morgan fingerprint density at radius 1 is 1.45 bits per heavy atom. The zero-order chi connectivity index (χ0) is 15.4. The van der Waals surface area contributed by atoms with Crippen molar-refractivity contribution in [3.05, 3.63) is 47.3 Å². The first-order chi connectivity index (χ1) is 10.8. The molecule has 1 aliphatic heterocycles. The van der Waals surface area contributed by atoms with Crippen LogP contribution in [0.2, 0.25) is 0 Å². The fourth-order valence-electron chi connectivity index (χ4n) is 2.89. The van der Waals surface area contributed by atoms with E-state index < -0.39 is 0 Å². The molecule has 0 aliphatic carbocycles. The molecular weight excluding hydrogens is 278 g/mol. The Bertz CT molecular complexity index is 675. The van der Waals surface area contributed by atoms with Crippen LogP contribution >= 0.6 is 0 Å². The predicted octanol–water partition coefficient (Wildman–Crippen LogP) is 3.07. The standard InChI is InChI=1S/C17H19N3O2/c1-13-10-17(22-19-13)16-6-3-7-20(16)8-9-21-15-5-2-4-14(11-15)12-18/h2,4-5,10-11,16H,3,6-9H2,1H3/t16-/m1/s1. The summed E-state index contributed by atoms with van der Waals surface area (Å²) in [5.74, 6) is 1.69. The van der Waals surface area contributed by atoms with Gasteiger partial charge in [-0.05, 0) is 44.5 Å². The molecule has 1 fully saturated rings. The minimum absolute atomic E-state index is 0.301. The Morgan fingerprint density at radius 2 is 2.36 bits per heavy atom. The van der Waals surface area contributed by atoms with Gasteiger partial charge in [0.15, 0.2) is 5.76 Å². The summed E-state index contributed by atoms with van der Waals surface area (Å²) in [6.45, 7) is 4.42. The Hall–Kier alpha value is -2.32. The fraction of sp³-hybridized carbons (Fsp3) is 0.412. The van der Waals surface area contributed by atoms with Gasteiger partial charge in [0.25, 0.3) is 0 Å². The molecule has 1 aliphatic rings. The molecule has 0 N–H and O–H groups in total. The van der Waals surface area contributed by atoms with Gasteiger partial charge in [0.1, 0.15) is 12.4 Å². The Labute approximate surface area is 130 Å². The molecule has 0 radical (unpaired) electrons. The second-order valence-electron chi connectivity index (χ2n) is 5.55. The molecule has 5 heteroatoms. The number of nitrogens with zero attached hydrogens (tertiary/aromatic N) is 3. The van der Waals surface area contributed by atoms with Crippen LogP contribution in [0.5, 0.6) is 5.75 Å². The summed E-state index contributed by atoms with van der Waals surface area (Å²) in [6, 6.07) is 11.7. The predicted molar refractivity (Wildman–Crippen MR) is 81.4 cm³/mol. The van der Waals surface area contributed by atoms with Gasteiger partial charge in [0, 0.05) is 12.6 Å². The van der Waals surface area contributed by atoms with Gasteiger partial charge in [-0.15, -0.1) is 0 Å². The van der Waals surface area contributed by atoms with Crippen molar-refractivity contribution in [3.63, 3.8) is 0 Å². The SMILES string of the molecule is Cc1cc([C@H]2CCCN2CCOc2cccc(C#N)c2)on1. The normalized spacial score (nSPS) is 18.3. The van der Waals surface area contributed by atoms with Gasteiger partial charge in [-0.2, -0.15) is 5.26 Å². The minimum Gasteiger partial charge on any atom is -0.492 e. The minimum atomic E-state index is 0.301. The molecule has 5 nitrogen and oxygen atoms in total. The molecule has 114 valence electrons. The first-order valence-electron chi connectivity index (χ1n) is 7.56. The zero-order valence-electron chi connectivity index (χ0n) is 12.7. The summed E-state index contributed by atoms with van der Waals surface area (Å²) in [4.78, 5) is 2.37. The van der Waals surface area contributed by atoms with Gasteiger partial charge in [-0.3, -0.25) is 4.90 Å². The number of ether oxygens (including phenoxy) is 1. The monoisotopic (exact) mass is 297 g/mol. The lowest BCUT2D eigenvalue weighted by Gasteiger charge is -2.22. The van der Waals surface area contributed by atoms with Gasteiger partial charge in [0.05, 0.1) is 23.4 Å². The Kier molecular flexibility index (Phi) is 4.40. The topological polar surface area (TPSA) is 62.3 Å². The highest BCUT2D eigenvalue weighted by atomic mass is 16.5. The molecule has 22 heavy (non-hydrogen) atoms. The number of hydrogen-bond acceptors (Lipinski definition) is 5. The molecule has 0 saturated carbocycles. The van der Waals surface area contributed by atoms with Crippen LogP contribution in [0.1, 0.15) is 35.9 Å². The van der Waals surface area contributed by atoms with Gasteiger partial charge < -0.3 is 9.26 Å². The number of nitriles is 1. The molecule has 0 unspecified atom stereocenters. The third kappa shape index (κ3) is 3.29. The number of benzene rings is 1. The van der Waals surface area contributed by atoms with Gasteiger partial charge in [-0.25, -0.2) is 0 Å². The van der Waals surface area contributed by atoms with Crippen molar-refractivity contribution < 1.29 is 9.26 Å². The third-order valence-electron chi connectivity index (χ3n) is 3.95. The van der Waals surface area contributed by atoms with Crippen LogP contribution < -0.4 is 4.74 Å². The highest BCUT2D eigenvalue weighted by Gasteiger charge is 2.28. The Morgan fingerprint density at radius 3 is 3.14 bits per heavy atom. The van der Waals surface area contributed by atoms with Crippen LogP contribution in [0.4, 0.5) is 0 Å². The molecule has 0 spiro atoms. The average molecular weight is 297 g/mol. The summed E-state index contributed by atoms with van der Waals surface area (Å²) in [5.41, 5.74) is 1.54. The summed E-state index contributed by atoms with van der Waals surface area (Å²) in [5, 5.41) is 12.9. The molecular formula is C17H19N3O2. The van der Waals surface area contributed by atoms with E-state index in [1.165, 1.54) is 0 Å². The van der Waals surface area contributed by atoms with Crippen molar-refractivity contribution >= 4 is 0 Å². The van der Waals surface area contributed by atoms with E-state index in [4.69, 9.17) is 14.5 Å². The van der Waals surface area contributed by atoms with Crippen LogP contribution in [0.25, 0.3) is 0 Å². The summed E-state index contributed by atoms with van der Waals surface area (Å²) in [6.07, 6.45) is 2.26. The van der Waals surface area contributed by atoms with Crippen molar-refractivity contribution in [1.82, 2.24) is 10.1 Å². The van der Waals surface area contributed by atoms with E-state index in [2.05, 4.69) is 16.1 Å². The lowest BCUT2D eigenvalue weighted by atomic mass is 10.1. The summed E-state index contributed by atoms with van der Waals surface area (Å²) in [7, 11) is 0. The van der Waals surface area contributed by atoms with Gasteiger partial charge in [0.2, 0.25) is 0 Å². The summed E-state index contributed by atoms with van der Waals surface area (Å²) >= 11 is 0. The number of aromatic nitrogens is 1. The number of likely N-dealkylation sites (tertiary alicyclic amines) is 1. The molecule has 2 heterocycles. The van der Waals surface area contributed by atoms with Crippen molar-refractivity contribution in [2.45, 2.75) is 25.8 Å². The van der Waals surface area contributed by atoms with Gasteiger partial charge >= 0.3 is 0 Å². The van der Waals surface area contributed by atoms with Gasteiger partial charge in [-0.1, -0.05) is 11.2 Å². The smallest absolute Gasteiger partial charge is 0.154 e. The first-order valence-corrected chi connectivity index (χ1v) is 7.56. The van der Waals surface area contributed by atoms with Crippen molar-refractivity contribution in [2.75, 3.05) is 19.7 Å². The molecule has 1 atom stereocenters. The number of rotatable bonds is 5. The van der Waals surface area contributed by atoms with E-state index in [1.54, 1.807) is 12.1 Å². The molecule has 2 aromatic rings. The Balaban J connectivity index is 1.55. The quantitative estimate of drug-likeness (QED) is 0.848. The van der Waals surface area contributed by atoms with E-state index in [1.807, 2.05) is 25.1 Å². The maximum absolute atomic E-state index is 8.89. The van der Waals surface area contributed by atoms with E-state index in [0.717, 1.165) is 43.1 Å². The molecule has 1 aromatic carbocycles. The third-order valence-corrected chi connectivity index (χ3v) is 3.95. The fourth-order valence-corrected chi connectivity index (χ4v) is 2.89. The molecule has 0 bridgehead atoms.